The molecule has 1 aromatic carbocycles. The average Bonchev–Trinajstić information content (AvgIpc) is 3.49. The molecule has 184 valence electrons. The number of hydrogen-bond donors (Lipinski definition) is 1. The van der Waals surface area contributed by atoms with Gasteiger partial charge in [-0.05, 0) is 49.4 Å². The van der Waals surface area contributed by atoms with Crippen LogP contribution in [0, 0.1) is 11.7 Å². The standard InChI is InChI=1S/C26H29FN4O4/c27-21-8-2-1-6-18(21)16-23(32)30-13-10-19(11-14-30)26(22-9-3-4-12-28-22)24(33)31(25(34)29-26)17-20-7-5-15-35-20/h1-4,6,8-9,12,19-20H,5,7,10-11,13-17H2,(H,29,34)/t20-,26-/m0/s1. The summed E-state index contributed by atoms with van der Waals surface area (Å²) in [7, 11) is 0. The van der Waals surface area contributed by atoms with Crippen LogP contribution in [-0.2, 0) is 26.3 Å². The van der Waals surface area contributed by atoms with Crippen LogP contribution >= 0.6 is 0 Å². The number of aromatic nitrogens is 1. The van der Waals surface area contributed by atoms with Gasteiger partial charge in [-0.15, -0.1) is 0 Å². The van der Waals surface area contributed by atoms with Crippen LogP contribution in [0.25, 0.3) is 0 Å². The van der Waals surface area contributed by atoms with Crippen LogP contribution in [0.1, 0.15) is 36.9 Å². The van der Waals surface area contributed by atoms with E-state index in [4.69, 9.17) is 4.74 Å². The number of hydrogen-bond acceptors (Lipinski definition) is 5. The lowest BCUT2D eigenvalue weighted by Crippen LogP contribution is -2.55. The lowest BCUT2D eigenvalue weighted by atomic mass is 9.75. The number of carbonyl (C=O) groups excluding carboxylic acids is 3. The number of nitrogens with zero attached hydrogens (tertiary/aromatic N) is 3. The zero-order valence-electron chi connectivity index (χ0n) is 19.5. The Bertz CT molecular complexity index is 1100. The molecular formula is C26H29FN4O4. The maximum Gasteiger partial charge on any atom is 0.325 e. The smallest absolute Gasteiger partial charge is 0.325 e. The SMILES string of the molecule is O=C(Cc1ccccc1F)N1CCC([C@@]2(c3ccccn3)NC(=O)N(C[C@@H]3CCCO3)C2=O)CC1. The summed E-state index contributed by atoms with van der Waals surface area (Å²) in [5.74, 6) is -1.09. The molecule has 0 unspecified atom stereocenters. The Kier molecular flexibility index (Phi) is 6.51. The molecule has 3 fully saturated rings. The van der Waals surface area contributed by atoms with Crippen molar-refractivity contribution < 1.29 is 23.5 Å². The lowest BCUT2D eigenvalue weighted by Gasteiger charge is -2.40. The second-order valence-electron chi connectivity index (χ2n) is 9.43. The van der Waals surface area contributed by atoms with Gasteiger partial charge in [-0.25, -0.2) is 9.18 Å². The highest BCUT2D eigenvalue weighted by molar-refractivity contribution is 6.07. The molecule has 5 rings (SSSR count). The number of urea groups is 1. The molecule has 8 nitrogen and oxygen atoms in total. The molecule has 2 atom stereocenters. The summed E-state index contributed by atoms with van der Waals surface area (Å²) in [6.45, 7) is 1.70. The molecule has 3 aliphatic heterocycles. The molecule has 9 heteroatoms. The van der Waals surface area contributed by atoms with E-state index in [1.54, 1.807) is 47.5 Å². The summed E-state index contributed by atoms with van der Waals surface area (Å²) in [4.78, 5) is 47.2. The van der Waals surface area contributed by atoms with E-state index >= 15 is 0 Å². The van der Waals surface area contributed by atoms with Crippen LogP contribution in [0.15, 0.2) is 48.7 Å². The van der Waals surface area contributed by atoms with Gasteiger partial charge in [0.2, 0.25) is 5.91 Å². The monoisotopic (exact) mass is 480 g/mol. The van der Waals surface area contributed by atoms with Crippen molar-refractivity contribution in [2.45, 2.75) is 43.7 Å². The minimum absolute atomic E-state index is 0.00639. The number of pyridine rings is 1. The third kappa shape index (κ3) is 4.40. The van der Waals surface area contributed by atoms with E-state index in [1.165, 1.54) is 11.0 Å². The highest BCUT2D eigenvalue weighted by Crippen LogP contribution is 2.41. The number of amides is 4. The maximum absolute atomic E-state index is 14.0. The molecule has 1 N–H and O–H groups in total. The Hall–Kier alpha value is -3.33. The van der Waals surface area contributed by atoms with E-state index in [2.05, 4.69) is 10.3 Å². The minimum Gasteiger partial charge on any atom is -0.376 e. The highest BCUT2D eigenvalue weighted by Gasteiger charge is 2.58. The first-order chi connectivity index (χ1) is 17.0. The van der Waals surface area contributed by atoms with Crippen molar-refractivity contribution in [1.29, 1.82) is 0 Å². The van der Waals surface area contributed by atoms with E-state index in [1.807, 2.05) is 0 Å². The van der Waals surface area contributed by atoms with E-state index in [0.717, 1.165) is 12.8 Å². The number of carbonyl (C=O) groups is 3. The normalized spacial score (nSPS) is 25.2. The van der Waals surface area contributed by atoms with Crippen molar-refractivity contribution in [2.24, 2.45) is 5.92 Å². The van der Waals surface area contributed by atoms with Crippen LogP contribution in [0.2, 0.25) is 0 Å². The van der Waals surface area contributed by atoms with Gasteiger partial charge in [0, 0.05) is 31.8 Å². The first kappa shape index (κ1) is 23.4. The lowest BCUT2D eigenvalue weighted by molar-refractivity contribution is -0.137. The molecule has 0 spiro atoms. The Balaban J connectivity index is 1.34. The van der Waals surface area contributed by atoms with Gasteiger partial charge in [0.05, 0.1) is 24.8 Å². The van der Waals surface area contributed by atoms with Gasteiger partial charge in [0.25, 0.3) is 5.91 Å². The summed E-state index contributed by atoms with van der Waals surface area (Å²) in [5.41, 5.74) is -0.408. The van der Waals surface area contributed by atoms with Gasteiger partial charge in [-0.2, -0.15) is 0 Å². The summed E-state index contributed by atoms with van der Waals surface area (Å²) >= 11 is 0. The molecule has 3 aliphatic rings. The molecule has 0 bridgehead atoms. The zero-order valence-corrected chi connectivity index (χ0v) is 19.5. The third-order valence-corrected chi connectivity index (χ3v) is 7.37. The number of nitrogens with one attached hydrogen (secondary N) is 1. The van der Waals surface area contributed by atoms with E-state index in [9.17, 15) is 18.8 Å². The molecular weight excluding hydrogens is 451 g/mol. The Labute approximate surface area is 203 Å². The number of piperidine rings is 1. The van der Waals surface area contributed by atoms with Gasteiger partial charge in [-0.1, -0.05) is 24.3 Å². The summed E-state index contributed by atoms with van der Waals surface area (Å²) < 4.78 is 19.7. The second kappa shape index (κ2) is 9.73. The molecule has 0 radical (unpaired) electrons. The van der Waals surface area contributed by atoms with Crippen LogP contribution in [0.3, 0.4) is 0 Å². The van der Waals surface area contributed by atoms with Crippen LogP contribution in [-0.4, -0.2) is 65.0 Å². The molecule has 4 heterocycles. The maximum atomic E-state index is 14.0. The number of imide groups is 1. The summed E-state index contributed by atoms with van der Waals surface area (Å²) in [6.07, 6.45) is 4.22. The molecule has 3 saturated heterocycles. The number of likely N-dealkylation sites (tertiary alicyclic amines) is 1. The first-order valence-electron chi connectivity index (χ1n) is 12.2. The fourth-order valence-corrected chi connectivity index (χ4v) is 5.49. The molecule has 35 heavy (non-hydrogen) atoms. The summed E-state index contributed by atoms with van der Waals surface area (Å²) in [6, 6.07) is 11.2. The average molecular weight is 481 g/mol. The third-order valence-electron chi connectivity index (χ3n) is 7.37. The highest BCUT2D eigenvalue weighted by atomic mass is 19.1. The second-order valence-corrected chi connectivity index (χ2v) is 9.43. The molecule has 1 aromatic heterocycles. The summed E-state index contributed by atoms with van der Waals surface area (Å²) in [5, 5.41) is 2.98. The van der Waals surface area contributed by atoms with Crippen molar-refractivity contribution in [3.63, 3.8) is 0 Å². The van der Waals surface area contributed by atoms with Crippen molar-refractivity contribution in [2.75, 3.05) is 26.2 Å². The van der Waals surface area contributed by atoms with Gasteiger partial charge in [0.1, 0.15) is 5.82 Å². The van der Waals surface area contributed by atoms with E-state index < -0.39 is 17.4 Å². The zero-order chi connectivity index (χ0) is 24.4. The van der Waals surface area contributed by atoms with Crippen molar-refractivity contribution in [3.05, 3.63) is 65.7 Å². The molecule has 2 aromatic rings. The molecule has 0 saturated carbocycles. The molecule has 0 aliphatic carbocycles. The minimum atomic E-state index is -1.28. The van der Waals surface area contributed by atoms with E-state index in [-0.39, 0.29) is 36.8 Å². The number of halogens is 1. The first-order valence-corrected chi connectivity index (χ1v) is 12.2. The van der Waals surface area contributed by atoms with Gasteiger partial charge in [0.15, 0.2) is 5.54 Å². The Morgan fingerprint density at radius 2 is 1.89 bits per heavy atom. The number of benzene rings is 1. The predicted molar refractivity (Wildman–Crippen MR) is 125 cm³/mol. The largest absolute Gasteiger partial charge is 0.376 e. The predicted octanol–water partition coefficient (Wildman–Crippen LogP) is 2.63. The Morgan fingerprint density at radius 3 is 2.57 bits per heavy atom. The van der Waals surface area contributed by atoms with Gasteiger partial charge >= 0.3 is 6.03 Å². The van der Waals surface area contributed by atoms with Crippen molar-refractivity contribution in [1.82, 2.24) is 20.1 Å². The van der Waals surface area contributed by atoms with Crippen LogP contribution in [0.5, 0.6) is 0 Å². The van der Waals surface area contributed by atoms with Crippen LogP contribution < -0.4 is 5.32 Å². The van der Waals surface area contributed by atoms with Gasteiger partial charge < -0.3 is 15.0 Å². The van der Waals surface area contributed by atoms with E-state index in [0.29, 0.717) is 43.8 Å². The number of ether oxygens (including phenoxy) is 1. The van der Waals surface area contributed by atoms with Crippen molar-refractivity contribution in [3.8, 4) is 0 Å². The fraction of sp³-hybridized carbons (Fsp3) is 0.462. The van der Waals surface area contributed by atoms with Crippen molar-refractivity contribution >= 4 is 17.8 Å². The number of rotatable bonds is 6. The van der Waals surface area contributed by atoms with Gasteiger partial charge in [-0.3, -0.25) is 19.5 Å². The fourth-order valence-electron chi connectivity index (χ4n) is 5.49. The quantitative estimate of drug-likeness (QED) is 0.642. The Morgan fingerprint density at radius 1 is 1.11 bits per heavy atom. The topological polar surface area (TPSA) is 91.8 Å². The molecule has 4 amide bonds. The van der Waals surface area contributed by atoms with Crippen LogP contribution in [0.4, 0.5) is 9.18 Å².